The van der Waals surface area contributed by atoms with Gasteiger partial charge in [0.05, 0.1) is 6.10 Å². The molecule has 2 atom stereocenters. The summed E-state index contributed by atoms with van der Waals surface area (Å²) < 4.78 is 7.53. The van der Waals surface area contributed by atoms with Crippen LogP contribution in [0.25, 0.3) is 11.4 Å². The highest BCUT2D eigenvalue weighted by Crippen LogP contribution is 2.25. The van der Waals surface area contributed by atoms with Crippen LogP contribution in [0.5, 0.6) is 0 Å². The van der Waals surface area contributed by atoms with E-state index in [2.05, 4.69) is 22.4 Å². The topological polar surface area (TPSA) is 69.0 Å². The van der Waals surface area contributed by atoms with Crippen LogP contribution in [0.4, 0.5) is 5.69 Å². The van der Waals surface area contributed by atoms with Crippen LogP contribution < -0.4 is 5.32 Å². The van der Waals surface area contributed by atoms with Crippen LogP contribution in [0, 0.1) is 5.92 Å². The molecule has 1 aromatic heterocycles. The third-order valence-corrected chi connectivity index (χ3v) is 4.54. The summed E-state index contributed by atoms with van der Waals surface area (Å²) in [7, 11) is 1.91. The van der Waals surface area contributed by atoms with Crippen molar-refractivity contribution in [1.29, 1.82) is 0 Å². The molecule has 1 N–H and O–H groups in total. The number of benzene rings is 1. The Bertz CT molecular complexity index is 681. The Morgan fingerprint density at radius 1 is 1.38 bits per heavy atom. The summed E-state index contributed by atoms with van der Waals surface area (Å²) in [6.45, 7) is 2.90. The van der Waals surface area contributed by atoms with E-state index < -0.39 is 0 Å². The summed E-state index contributed by atoms with van der Waals surface area (Å²) in [5.41, 5.74) is 1.79. The molecule has 1 aromatic carbocycles. The molecule has 1 fully saturated rings. The van der Waals surface area contributed by atoms with Crippen molar-refractivity contribution in [2.45, 2.75) is 38.7 Å². The van der Waals surface area contributed by atoms with Crippen LogP contribution in [0.15, 0.2) is 30.6 Å². The Morgan fingerprint density at radius 2 is 2.17 bits per heavy atom. The maximum Gasteiger partial charge on any atom is 0.224 e. The van der Waals surface area contributed by atoms with Gasteiger partial charge in [-0.25, -0.2) is 0 Å². The second-order valence-corrected chi connectivity index (χ2v) is 6.39. The van der Waals surface area contributed by atoms with Crippen LogP contribution in [-0.2, 0) is 16.6 Å². The van der Waals surface area contributed by atoms with E-state index in [9.17, 15) is 4.79 Å². The first-order chi connectivity index (χ1) is 11.7. The molecule has 0 radical (unpaired) electrons. The summed E-state index contributed by atoms with van der Waals surface area (Å²) in [6.07, 6.45) is 5.50. The predicted molar refractivity (Wildman–Crippen MR) is 92.4 cm³/mol. The van der Waals surface area contributed by atoms with E-state index in [0.717, 1.165) is 42.9 Å². The number of nitrogens with zero attached hydrogens (tertiary/aromatic N) is 3. The SMILES string of the molecule is CC[C@H]1C[C@@H](CC(=O)Nc2ccc(-c3nncn3C)cc2)CCO1. The fraction of sp³-hybridized carbons (Fsp3) is 0.500. The van der Waals surface area contributed by atoms with Gasteiger partial charge in [0, 0.05) is 31.3 Å². The van der Waals surface area contributed by atoms with Crippen LogP contribution in [0.3, 0.4) is 0 Å². The first-order valence-corrected chi connectivity index (χ1v) is 8.51. The van der Waals surface area contributed by atoms with Crippen molar-refractivity contribution < 1.29 is 9.53 Å². The fourth-order valence-corrected chi connectivity index (χ4v) is 3.15. The third-order valence-electron chi connectivity index (χ3n) is 4.54. The Hall–Kier alpha value is -2.21. The van der Waals surface area contributed by atoms with Crippen LogP contribution >= 0.6 is 0 Å². The van der Waals surface area contributed by atoms with Crippen molar-refractivity contribution in [1.82, 2.24) is 14.8 Å². The minimum atomic E-state index is 0.0724. The zero-order valence-electron chi connectivity index (χ0n) is 14.2. The molecule has 6 nitrogen and oxygen atoms in total. The lowest BCUT2D eigenvalue weighted by Crippen LogP contribution is -2.28. The van der Waals surface area contributed by atoms with Crippen LogP contribution in [0.1, 0.15) is 32.6 Å². The second kappa shape index (κ2) is 7.57. The quantitative estimate of drug-likeness (QED) is 0.916. The minimum absolute atomic E-state index is 0.0724. The van der Waals surface area contributed by atoms with Gasteiger partial charge in [-0.1, -0.05) is 6.92 Å². The minimum Gasteiger partial charge on any atom is -0.378 e. The zero-order valence-corrected chi connectivity index (χ0v) is 14.2. The van der Waals surface area contributed by atoms with E-state index in [0.29, 0.717) is 18.4 Å². The first kappa shape index (κ1) is 16.6. The van der Waals surface area contributed by atoms with E-state index in [4.69, 9.17) is 4.74 Å². The molecule has 0 spiro atoms. The lowest BCUT2D eigenvalue weighted by Gasteiger charge is -2.28. The fourth-order valence-electron chi connectivity index (χ4n) is 3.15. The highest BCUT2D eigenvalue weighted by Gasteiger charge is 2.23. The van der Waals surface area contributed by atoms with Gasteiger partial charge in [-0.05, 0) is 49.4 Å². The number of nitrogens with one attached hydrogen (secondary N) is 1. The number of anilines is 1. The maximum atomic E-state index is 12.3. The van der Waals surface area contributed by atoms with Crippen molar-refractivity contribution >= 4 is 11.6 Å². The van der Waals surface area contributed by atoms with Gasteiger partial charge in [0.1, 0.15) is 6.33 Å². The first-order valence-electron chi connectivity index (χ1n) is 8.51. The van der Waals surface area contributed by atoms with Crippen molar-refractivity contribution in [2.75, 3.05) is 11.9 Å². The molecule has 1 aliphatic heterocycles. The predicted octanol–water partition coefficient (Wildman–Crippen LogP) is 3.02. The number of aromatic nitrogens is 3. The molecule has 1 amide bonds. The summed E-state index contributed by atoms with van der Waals surface area (Å²) in [6, 6.07) is 7.70. The molecular weight excluding hydrogens is 304 g/mol. The highest BCUT2D eigenvalue weighted by molar-refractivity contribution is 5.91. The molecule has 1 aliphatic rings. The summed E-state index contributed by atoms with van der Waals surface area (Å²) in [5.74, 6) is 1.30. The van der Waals surface area contributed by atoms with E-state index >= 15 is 0 Å². The van der Waals surface area contributed by atoms with Crippen molar-refractivity contribution in [3.63, 3.8) is 0 Å². The molecule has 128 valence electrons. The van der Waals surface area contributed by atoms with E-state index in [1.165, 1.54) is 0 Å². The number of aryl methyl sites for hydroxylation is 1. The van der Waals surface area contributed by atoms with Gasteiger partial charge in [-0.15, -0.1) is 10.2 Å². The summed E-state index contributed by atoms with van der Waals surface area (Å²) in [4.78, 5) is 12.3. The smallest absolute Gasteiger partial charge is 0.224 e. The molecule has 24 heavy (non-hydrogen) atoms. The van der Waals surface area contributed by atoms with Gasteiger partial charge < -0.3 is 14.6 Å². The Morgan fingerprint density at radius 3 is 2.83 bits per heavy atom. The largest absolute Gasteiger partial charge is 0.378 e. The summed E-state index contributed by atoms with van der Waals surface area (Å²) >= 11 is 0. The Kier molecular flexibility index (Phi) is 5.25. The van der Waals surface area contributed by atoms with Crippen molar-refractivity contribution in [3.05, 3.63) is 30.6 Å². The molecule has 2 aromatic rings. The van der Waals surface area contributed by atoms with Gasteiger partial charge in [0.15, 0.2) is 5.82 Å². The maximum absolute atomic E-state index is 12.3. The van der Waals surface area contributed by atoms with Crippen LogP contribution in [-0.4, -0.2) is 33.4 Å². The molecule has 0 aliphatic carbocycles. The number of amides is 1. The molecule has 3 rings (SSSR count). The average molecular weight is 328 g/mol. The number of carbonyl (C=O) groups is 1. The molecule has 1 saturated heterocycles. The van der Waals surface area contributed by atoms with Gasteiger partial charge in [0.2, 0.25) is 5.91 Å². The van der Waals surface area contributed by atoms with Gasteiger partial charge >= 0.3 is 0 Å². The van der Waals surface area contributed by atoms with Crippen molar-refractivity contribution in [2.24, 2.45) is 13.0 Å². The third kappa shape index (κ3) is 4.00. The average Bonchev–Trinajstić information content (AvgIpc) is 3.01. The molecule has 0 bridgehead atoms. The van der Waals surface area contributed by atoms with E-state index in [1.54, 1.807) is 6.33 Å². The zero-order chi connectivity index (χ0) is 16.9. The number of hydrogen-bond donors (Lipinski definition) is 1. The number of hydrogen-bond acceptors (Lipinski definition) is 4. The Labute approximate surface area is 142 Å². The molecule has 6 heteroatoms. The second-order valence-electron chi connectivity index (χ2n) is 6.39. The Balaban J connectivity index is 1.56. The molecule has 0 unspecified atom stereocenters. The molecule has 0 saturated carbocycles. The van der Waals surface area contributed by atoms with E-state index in [1.807, 2.05) is 35.9 Å². The standard InChI is InChI=1S/C18H24N4O2/c1-3-16-10-13(8-9-24-16)11-17(23)20-15-6-4-14(5-7-15)18-21-19-12-22(18)2/h4-7,12-13,16H,3,8-11H2,1-2H3,(H,20,23)/t13-,16-/m0/s1. The van der Waals surface area contributed by atoms with Crippen LogP contribution in [0.2, 0.25) is 0 Å². The summed E-state index contributed by atoms with van der Waals surface area (Å²) in [5, 5.41) is 10.9. The number of rotatable bonds is 5. The lowest BCUT2D eigenvalue weighted by atomic mass is 9.91. The van der Waals surface area contributed by atoms with E-state index in [-0.39, 0.29) is 5.91 Å². The molecule has 2 heterocycles. The van der Waals surface area contributed by atoms with Gasteiger partial charge in [-0.3, -0.25) is 4.79 Å². The lowest BCUT2D eigenvalue weighted by molar-refractivity contribution is -0.118. The number of carbonyl (C=O) groups excluding carboxylic acids is 1. The van der Waals surface area contributed by atoms with Gasteiger partial charge in [0.25, 0.3) is 0 Å². The highest BCUT2D eigenvalue weighted by atomic mass is 16.5. The number of ether oxygens (including phenoxy) is 1. The molecular formula is C18H24N4O2. The monoisotopic (exact) mass is 328 g/mol. The van der Waals surface area contributed by atoms with Crippen molar-refractivity contribution in [3.8, 4) is 11.4 Å². The normalized spacial score (nSPS) is 20.8. The van der Waals surface area contributed by atoms with Gasteiger partial charge in [-0.2, -0.15) is 0 Å².